The molecule has 0 radical (unpaired) electrons. The average molecular weight is 254 g/mol. The lowest BCUT2D eigenvalue weighted by Crippen LogP contribution is -2.24. The summed E-state index contributed by atoms with van der Waals surface area (Å²) in [7, 11) is 0. The molecular weight excluding hydrogens is 228 g/mol. The number of aryl methyl sites for hydroxylation is 2. The molecule has 0 amide bonds. The molecule has 0 spiro atoms. The maximum atomic E-state index is 4.32. The van der Waals surface area contributed by atoms with Crippen LogP contribution in [0.4, 0.5) is 0 Å². The minimum Gasteiger partial charge on any atom is -0.317 e. The van der Waals surface area contributed by atoms with E-state index in [0.29, 0.717) is 0 Å². The Morgan fingerprint density at radius 3 is 2.71 bits per heavy atom. The summed E-state index contributed by atoms with van der Waals surface area (Å²) in [5.74, 6) is 1.60. The Morgan fingerprint density at radius 1 is 1.41 bits per heavy atom. The SMILES string of the molecule is CCNCC(CCc1scnc1C)CC(C)C. The first-order valence-electron chi connectivity index (χ1n) is 6.73. The standard InChI is InChI=1S/C14H26N2S/c1-5-15-9-13(8-11(2)3)6-7-14-12(4)16-10-17-14/h10-11,13,15H,5-9H2,1-4H3. The number of hydrogen-bond donors (Lipinski definition) is 1. The van der Waals surface area contributed by atoms with Crippen molar-refractivity contribution < 1.29 is 0 Å². The third-order valence-electron chi connectivity index (χ3n) is 3.11. The topological polar surface area (TPSA) is 24.9 Å². The highest BCUT2D eigenvalue weighted by Crippen LogP contribution is 2.21. The second-order valence-electron chi connectivity index (χ2n) is 5.20. The molecular formula is C14H26N2S. The molecule has 0 aromatic carbocycles. The van der Waals surface area contributed by atoms with Gasteiger partial charge in [-0.3, -0.25) is 0 Å². The first-order valence-corrected chi connectivity index (χ1v) is 7.61. The maximum Gasteiger partial charge on any atom is 0.0797 e. The molecule has 0 bridgehead atoms. The fourth-order valence-corrected chi connectivity index (χ4v) is 3.02. The molecule has 1 heterocycles. The summed E-state index contributed by atoms with van der Waals surface area (Å²) in [5, 5.41) is 3.49. The lowest BCUT2D eigenvalue weighted by molar-refractivity contribution is 0.370. The van der Waals surface area contributed by atoms with Gasteiger partial charge >= 0.3 is 0 Å². The molecule has 2 nitrogen and oxygen atoms in total. The van der Waals surface area contributed by atoms with Crippen molar-refractivity contribution in [1.82, 2.24) is 10.3 Å². The summed E-state index contributed by atoms with van der Waals surface area (Å²) in [6.45, 7) is 11.2. The van der Waals surface area contributed by atoms with Gasteiger partial charge in [0.1, 0.15) is 0 Å². The smallest absolute Gasteiger partial charge is 0.0797 e. The average Bonchev–Trinajstić information content (AvgIpc) is 2.67. The highest BCUT2D eigenvalue weighted by atomic mass is 32.1. The first-order chi connectivity index (χ1) is 8.13. The first kappa shape index (κ1) is 14.7. The van der Waals surface area contributed by atoms with Crippen molar-refractivity contribution in [2.45, 2.75) is 47.0 Å². The predicted octanol–water partition coefficient (Wildman–Crippen LogP) is 3.66. The van der Waals surface area contributed by atoms with Gasteiger partial charge in [-0.2, -0.15) is 0 Å². The zero-order valence-electron chi connectivity index (χ0n) is 11.6. The van der Waals surface area contributed by atoms with E-state index in [1.165, 1.54) is 29.8 Å². The lowest BCUT2D eigenvalue weighted by Gasteiger charge is -2.19. The molecule has 0 fully saturated rings. The molecule has 1 aromatic rings. The summed E-state index contributed by atoms with van der Waals surface area (Å²) in [4.78, 5) is 5.79. The fourth-order valence-electron chi connectivity index (χ4n) is 2.22. The molecule has 0 aliphatic heterocycles. The van der Waals surface area contributed by atoms with E-state index in [-0.39, 0.29) is 0 Å². The lowest BCUT2D eigenvalue weighted by atomic mass is 9.92. The van der Waals surface area contributed by atoms with Crippen LogP contribution in [0.15, 0.2) is 5.51 Å². The number of nitrogens with zero attached hydrogens (tertiary/aromatic N) is 1. The summed E-state index contributed by atoms with van der Waals surface area (Å²) in [6.07, 6.45) is 3.80. The molecule has 3 heteroatoms. The van der Waals surface area contributed by atoms with Crippen LogP contribution in [0.3, 0.4) is 0 Å². The molecule has 0 aliphatic carbocycles. The fraction of sp³-hybridized carbons (Fsp3) is 0.786. The number of rotatable bonds is 8. The minimum atomic E-state index is 0.793. The van der Waals surface area contributed by atoms with Crippen molar-refractivity contribution in [3.63, 3.8) is 0 Å². The van der Waals surface area contributed by atoms with Gasteiger partial charge in [0, 0.05) is 4.88 Å². The second-order valence-corrected chi connectivity index (χ2v) is 6.14. The Morgan fingerprint density at radius 2 is 2.18 bits per heavy atom. The van der Waals surface area contributed by atoms with E-state index in [2.05, 4.69) is 38.0 Å². The van der Waals surface area contributed by atoms with Gasteiger partial charge in [-0.1, -0.05) is 20.8 Å². The largest absolute Gasteiger partial charge is 0.317 e. The highest BCUT2D eigenvalue weighted by Gasteiger charge is 2.12. The number of hydrogen-bond acceptors (Lipinski definition) is 3. The van der Waals surface area contributed by atoms with Crippen LogP contribution in [0.25, 0.3) is 0 Å². The maximum absolute atomic E-state index is 4.32. The van der Waals surface area contributed by atoms with Crippen molar-refractivity contribution in [2.75, 3.05) is 13.1 Å². The van der Waals surface area contributed by atoms with Crippen LogP contribution in [-0.4, -0.2) is 18.1 Å². The second kappa shape index (κ2) is 7.83. The molecule has 1 atom stereocenters. The summed E-state index contributed by atoms with van der Waals surface area (Å²) >= 11 is 1.80. The van der Waals surface area contributed by atoms with Crippen LogP contribution >= 0.6 is 11.3 Å². The van der Waals surface area contributed by atoms with Crippen LogP contribution in [0.1, 0.15) is 44.2 Å². The van der Waals surface area contributed by atoms with Crippen LogP contribution in [0, 0.1) is 18.8 Å². The van der Waals surface area contributed by atoms with Crippen molar-refractivity contribution in [3.8, 4) is 0 Å². The van der Waals surface area contributed by atoms with Crippen LogP contribution in [0.5, 0.6) is 0 Å². The van der Waals surface area contributed by atoms with Crippen molar-refractivity contribution in [3.05, 3.63) is 16.1 Å². The normalized spacial score (nSPS) is 13.2. The Labute approximate surface area is 110 Å². The van der Waals surface area contributed by atoms with Crippen molar-refractivity contribution in [2.24, 2.45) is 11.8 Å². The van der Waals surface area contributed by atoms with E-state index in [0.717, 1.165) is 24.9 Å². The Hall–Kier alpha value is -0.410. The van der Waals surface area contributed by atoms with Crippen molar-refractivity contribution >= 4 is 11.3 Å². The van der Waals surface area contributed by atoms with Gasteiger partial charge in [-0.05, 0) is 51.1 Å². The molecule has 0 saturated heterocycles. The van der Waals surface area contributed by atoms with E-state index in [1.807, 2.05) is 5.51 Å². The molecule has 1 rings (SSSR count). The summed E-state index contributed by atoms with van der Waals surface area (Å²) in [6, 6.07) is 0. The molecule has 1 unspecified atom stereocenters. The van der Waals surface area contributed by atoms with E-state index in [4.69, 9.17) is 0 Å². The highest BCUT2D eigenvalue weighted by molar-refractivity contribution is 7.09. The summed E-state index contributed by atoms with van der Waals surface area (Å²) in [5.41, 5.74) is 3.19. The van der Waals surface area contributed by atoms with Crippen LogP contribution in [-0.2, 0) is 6.42 Å². The molecule has 0 aliphatic rings. The minimum absolute atomic E-state index is 0.793. The van der Waals surface area contributed by atoms with Crippen LogP contribution < -0.4 is 5.32 Å². The van der Waals surface area contributed by atoms with Gasteiger partial charge in [0.2, 0.25) is 0 Å². The van der Waals surface area contributed by atoms with Gasteiger partial charge < -0.3 is 5.32 Å². The van der Waals surface area contributed by atoms with E-state index in [9.17, 15) is 0 Å². The molecule has 1 aromatic heterocycles. The van der Waals surface area contributed by atoms with Gasteiger partial charge in [-0.25, -0.2) is 4.98 Å². The van der Waals surface area contributed by atoms with E-state index < -0.39 is 0 Å². The number of aromatic nitrogens is 1. The van der Waals surface area contributed by atoms with Crippen LogP contribution in [0.2, 0.25) is 0 Å². The number of thiazole rings is 1. The molecule has 1 N–H and O–H groups in total. The molecule has 98 valence electrons. The zero-order valence-corrected chi connectivity index (χ0v) is 12.4. The predicted molar refractivity (Wildman–Crippen MR) is 76.7 cm³/mol. The van der Waals surface area contributed by atoms with Gasteiger partial charge in [-0.15, -0.1) is 11.3 Å². The van der Waals surface area contributed by atoms with E-state index >= 15 is 0 Å². The van der Waals surface area contributed by atoms with E-state index in [1.54, 1.807) is 11.3 Å². The monoisotopic (exact) mass is 254 g/mol. The zero-order chi connectivity index (χ0) is 12.7. The quantitative estimate of drug-likeness (QED) is 0.766. The molecule has 0 saturated carbocycles. The third-order valence-corrected chi connectivity index (χ3v) is 4.11. The van der Waals surface area contributed by atoms with Gasteiger partial charge in [0.25, 0.3) is 0 Å². The Balaban J connectivity index is 2.40. The third kappa shape index (κ3) is 5.64. The van der Waals surface area contributed by atoms with Crippen molar-refractivity contribution in [1.29, 1.82) is 0 Å². The summed E-state index contributed by atoms with van der Waals surface area (Å²) < 4.78 is 0. The Bertz CT molecular complexity index is 307. The molecule has 17 heavy (non-hydrogen) atoms. The Kier molecular flexibility index (Phi) is 6.75. The number of nitrogens with one attached hydrogen (secondary N) is 1. The van der Waals surface area contributed by atoms with Gasteiger partial charge in [0.15, 0.2) is 0 Å². The van der Waals surface area contributed by atoms with Gasteiger partial charge in [0.05, 0.1) is 11.2 Å².